The monoisotopic (exact) mass is 622 g/mol. The van der Waals surface area contributed by atoms with Crippen LogP contribution in [-0.4, -0.2) is 10.9 Å². The first-order valence-corrected chi connectivity index (χ1v) is 11.9. The van der Waals surface area contributed by atoms with Crippen molar-refractivity contribution in [1.29, 1.82) is 0 Å². The summed E-state index contributed by atoms with van der Waals surface area (Å²) in [5.41, 5.74) is 5.19. The molecule has 0 aliphatic carbocycles. The lowest BCUT2D eigenvalue weighted by Gasteiger charge is -2.08. The van der Waals surface area contributed by atoms with E-state index in [9.17, 15) is 4.79 Å². The molecule has 1 aromatic heterocycles. The highest BCUT2D eigenvalue weighted by molar-refractivity contribution is 14.1. The first kappa shape index (κ1) is 21.3. The normalized spacial score (nSPS) is 12.1. The van der Waals surface area contributed by atoms with Crippen LogP contribution >= 0.6 is 45.2 Å². The third-order valence-electron chi connectivity index (χ3n) is 5.16. The van der Waals surface area contributed by atoms with E-state index in [4.69, 9.17) is 4.42 Å². The molecule has 0 fully saturated rings. The predicted octanol–water partition coefficient (Wildman–Crippen LogP) is 7.47. The van der Waals surface area contributed by atoms with Crippen molar-refractivity contribution >= 4 is 67.9 Å². The van der Waals surface area contributed by atoms with E-state index in [2.05, 4.69) is 81.5 Å². The molecule has 6 heteroatoms. The number of halogens is 2. The molecule has 0 spiro atoms. The van der Waals surface area contributed by atoms with Gasteiger partial charge in [0.1, 0.15) is 5.52 Å². The average Bonchev–Trinajstić information content (AvgIpc) is 3.18. The average molecular weight is 622 g/mol. The van der Waals surface area contributed by atoms with Crippen molar-refractivity contribution in [2.75, 3.05) is 5.32 Å². The second-order valence-corrected chi connectivity index (χ2v) is 9.62. The zero-order valence-electron chi connectivity index (χ0n) is 16.6. The van der Waals surface area contributed by atoms with Crippen molar-refractivity contribution in [1.82, 2.24) is 4.98 Å². The van der Waals surface area contributed by atoms with E-state index >= 15 is 0 Å². The van der Waals surface area contributed by atoms with Crippen LogP contribution in [-0.2, 0) is 0 Å². The Labute approximate surface area is 202 Å². The van der Waals surface area contributed by atoms with Gasteiger partial charge < -0.3 is 9.73 Å². The smallest absolute Gasteiger partial charge is 0.256 e. The Morgan fingerprint density at radius 1 is 1.07 bits per heavy atom. The molecule has 152 valence electrons. The van der Waals surface area contributed by atoms with Crippen molar-refractivity contribution in [2.45, 2.75) is 26.2 Å². The molecule has 30 heavy (non-hydrogen) atoms. The van der Waals surface area contributed by atoms with Gasteiger partial charge in [-0.2, -0.15) is 0 Å². The largest absolute Gasteiger partial charge is 0.436 e. The second-order valence-electron chi connectivity index (χ2n) is 7.21. The SMILES string of the molecule is CCC(C)c1ccc2oc(-c3ccc(NC(=O)c4cc(I)ccc4I)cc3)nc2c1. The van der Waals surface area contributed by atoms with Gasteiger partial charge in [0.05, 0.1) is 5.56 Å². The Morgan fingerprint density at radius 2 is 1.83 bits per heavy atom. The number of nitrogens with one attached hydrogen (secondary N) is 1. The van der Waals surface area contributed by atoms with Crippen LogP contribution in [0, 0.1) is 7.14 Å². The van der Waals surface area contributed by atoms with E-state index in [1.807, 2.05) is 48.5 Å². The van der Waals surface area contributed by atoms with Crippen LogP contribution in [0.3, 0.4) is 0 Å². The quantitative estimate of drug-likeness (QED) is 0.235. The summed E-state index contributed by atoms with van der Waals surface area (Å²) in [5.74, 6) is 0.954. The van der Waals surface area contributed by atoms with Gasteiger partial charge in [0.15, 0.2) is 5.58 Å². The van der Waals surface area contributed by atoms with E-state index in [1.165, 1.54) is 5.56 Å². The van der Waals surface area contributed by atoms with Crippen LogP contribution in [0.1, 0.15) is 42.1 Å². The molecule has 0 radical (unpaired) electrons. The van der Waals surface area contributed by atoms with Gasteiger partial charge >= 0.3 is 0 Å². The number of carbonyl (C=O) groups excluding carboxylic acids is 1. The number of nitrogens with zero attached hydrogens (tertiary/aromatic N) is 1. The van der Waals surface area contributed by atoms with Gasteiger partial charge in [-0.3, -0.25) is 4.79 Å². The molecule has 0 aliphatic rings. The van der Waals surface area contributed by atoms with Crippen LogP contribution in [0.15, 0.2) is 65.1 Å². The number of carbonyl (C=O) groups is 1. The predicted molar refractivity (Wildman–Crippen MR) is 138 cm³/mol. The molecular weight excluding hydrogens is 602 g/mol. The van der Waals surface area contributed by atoms with Gasteiger partial charge in [-0.15, -0.1) is 0 Å². The van der Waals surface area contributed by atoms with Crippen LogP contribution in [0.25, 0.3) is 22.6 Å². The van der Waals surface area contributed by atoms with Gasteiger partial charge in [0.25, 0.3) is 5.91 Å². The zero-order valence-corrected chi connectivity index (χ0v) is 20.9. The summed E-state index contributed by atoms with van der Waals surface area (Å²) in [4.78, 5) is 17.3. The Morgan fingerprint density at radius 3 is 2.57 bits per heavy atom. The van der Waals surface area contributed by atoms with Gasteiger partial charge in [-0.05, 0) is 118 Å². The Hall–Kier alpha value is -1.94. The third-order valence-corrected chi connectivity index (χ3v) is 6.77. The standard InChI is InChI=1S/C24H20I2N2O2/c1-3-14(2)16-6-11-22-21(12-16)28-24(30-22)15-4-8-18(9-5-15)27-23(29)19-13-17(25)7-10-20(19)26/h4-14H,3H2,1-2H3,(H,27,29). The molecule has 4 rings (SSSR count). The number of hydrogen-bond acceptors (Lipinski definition) is 3. The number of oxazole rings is 1. The zero-order chi connectivity index (χ0) is 21.3. The minimum atomic E-state index is -0.120. The molecule has 4 nitrogen and oxygen atoms in total. The summed E-state index contributed by atoms with van der Waals surface area (Å²) in [7, 11) is 0. The summed E-state index contributed by atoms with van der Waals surface area (Å²) in [6.45, 7) is 4.40. The summed E-state index contributed by atoms with van der Waals surface area (Å²) < 4.78 is 7.89. The number of amides is 1. The van der Waals surface area contributed by atoms with Crippen LogP contribution in [0.2, 0.25) is 0 Å². The maximum atomic E-state index is 12.6. The van der Waals surface area contributed by atoms with E-state index < -0.39 is 0 Å². The fourth-order valence-electron chi connectivity index (χ4n) is 3.18. The van der Waals surface area contributed by atoms with Crippen LogP contribution in [0.5, 0.6) is 0 Å². The molecule has 1 N–H and O–H groups in total. The minimum Gasteiger partial charge on any atom is -0.436 e. The summed E-state index contributed by atoms with van der Waals surface area (Å²) in [6, 6.07) is 19.6. The van der Waals surface area contributed by atoms with Crippen molar-refractivity contribution in [3.05, 3.63) is 78.9 Å². The highest BCUT2D eigenvalue weighted by Gasteiger charge is 2.13. The maximum Gasteiger partial charge on any atom is 0.256 e. The van der Waals surface area contributed by atoms with E-state index in [0.717, 1.165) is 35.9 Å². The van der Waals surface area contributed by atoms with Gasteiger partial charge in [0.2, 0.25) is 5.89 Å². The molecule has 1 unspecified atom stereocenters. The van der Waals surface area contributed by atoms with Crippen molar-refractivity contribution in [2.24, 2.45) is 0 Å². The highest BCUT2D eigenvalue weighted by Crippen LogP contribution is 2.28. The molecule has 4 aromatic rings. The number of anilines is 1. The van der Waals surface area contributed by atoms with Gasteiger partial charge in [-0.25, -0.2) is 4.98 Å². The molecule has 1 heterocycles. The summed E-state index contributed by atoms with van der Waals surface area (Å²) in [5, 5.41) is 2.96. The lowest BCUT2D eigenvalue weighted by Crippen LogP contribution is -2.13. The molecule has 0 bridgehead atoms. The number of hydrogen-bond donors (Lipinski definition) is 1. The Balaban J connectivity index is 1.54. The molecule has 0 saturated carbocycles. The number of rotatable bonds is 5. The topological polar surface area (TPSA) is 55.1 Å². The number of benzene rings is 3. The first-order valence-electron chi connectivity index (χ1n) is 9.72. The maximum absolute atomic E-state index is 12.6. The fraction of sp³-hybridized carbons (Fsp3) is 0.167. The van der Waals surface area contributed by atoms with E-state index in [-0.39, 0.29) is 5.91 Å². The van der Waals surface area contributed by atoms with Crippen molar-refractivity contribution < 1.29 is 9.21 Å². The van der Waals surface area contributed by atoms with Crippen molar-refractivity contribution in [3.63, 3.8) is 0 Å². The fourth-order valence-corrected chi connectivity index (χ4v) is 4.25. The molecule has 1 amide bonds. The van der Waals surface area contributed by atoms with Crippen LogP contribution < -0.4 is 5.32 Å². The first-order chi connectivity index (χ1) is 14.4. The van der Waals surface area contributed by atoms with Crippen molar-refractivity contribution in [3.8, 4) is 11.5 Å². The Bertz CT molecular complexity index is 1220. The lowest BCUT2D eigenvalue weighted by atomic mass is 9.98. The molecule has 0 saturated heterocycles. The summed E-state index contributed by atoms with van der Waals surface area (Å²) in [6.07, 6.45) is 1.09. The second kappa shape index (κ2) is 9.05. The van der Waals surface area contributed by atoms with Gasteiger partial charge in [-0.1, -0.05) is 19.9 Å². The molecule has 0 aliphatic heterocycles. The van der Waals surface area contributed by atoms with E-state index in [1.54, 1.807) is 0 Å². The van der Waals surface area contributed by atoms with Crippen LogP contribution in [0.4, 0.5) is 5.69 Å². The molecule has 3 aromatic carbocycles. The van der Waals surface area contributed by atoms with Gasteiger partial charge in [0, 0.05) is 18.4 Å². The third kappa shape index (κ3) is 4.54. The molecular formula is C24H20I2N2O2. The Kier molecular flexibility index (Phi) is 6.43. The number of aromatic nitrogens is 1. The highest BCUT2D eigenvalue weighted by atomic mass is 127. The lowest BCUT2D eigenvalue weighted by molar-refractivity contribution is 0.102. The molecule has 1 atom stereocenters. The van der Waals surface area contributed by atoms with E-state index in [0.29, 0.717) is 17.4 Å². The number of fused-ring (bicyclic) bond motifs is 1. The minimum absolute atomic E-state index is 0.120. The summed E-state index contributed by atoms with van der Waals surface area (Å²) >= 11 is 4.39.